The predicted octanol–water partition coefficient (Wildman–Crippen LogP) is 2.68. The minimum absolute atomic E-state index is 0.179. The number of rotatable bonds is 0. The van der Waals surface area contributed by atoms with Crippen molar-refractivity contribution in [2.24, 2.45) is 20.9 Å². The summed E-state index contributed by atoms with van der Waals surface area (Å²) in [5.74, 6) is 0.179. The summed E-state index contributed by atoms with van der Waals surface area (Å²) >= 11 is 0. The summed E-state index contributed by atoms with van der Waals surface area (Å²) in [7, 11) is 0. The molecule has 1 atom stereocenters. The highest BCUT2D eigenvalue weighted by Crippen LogP contribution is 2.36. The van der Waals surface area contributed by atoms with Crippen LogP contribution in [0.25, 0.3) is 0 Å². The van der Waals surface area contributed by atoms with Gasteiger partial charge in [0, 0.05) is 23.6 Å². The standard InChI is InChI=1S/C13H13N3/c1-7-4-10-13-11(14-7)5-8(2)16-12(13)6-9(3)15-10/h4,6,13H,1,5H2,2-3H3/t13-/m0/s1. The van der Waals surface area contributed by atoms with E-state index < -0.39 is 0 Å². The van der Waals surface area contributed by atoms with Crippen LogP contribution < -0.4 is 0 Å². The molecule has 0 bridgehead atoms. The Bertz CT molecular complexity index is 542. The van der Waals surface area contributed by atoms with E-state index in [9.17, 15) is 0 Å². The fourth-order valence-corrected chi connectivity index (χ4v) is 2.42. The first kappa shape index (κ1) is 9.46. The number of dihydropyridines is 2. The van der Waals surface area contributed by atoms with Gasteiger partial charge in [0.2, 0.25) is 0 Å². The van der Waals surface area contributed by atoms with Crippen LogP contribution in [0.4, 0.5) is 0 Å². The lowest BCUT2D eigenvalue weighted by Crippen LogP contribution is -2.29. The molecule has 3 rings (SSSR count). The third-order valence-corrected chi connectivity index (χ3v) is 2.95. The van der Waals surface area contributed by atoms with Gasteiger partial charge >= 0.3 is 0 Å². The molecule has 0 aromatic carbocycles. The average molecular weight is 211 g/mol. The second-order valence-corrected chi connectivity index (χ2v) is 4.44. The topological polar surface area (TPSA) is 37.1 Å². The molecule has 0 unspecified atom stereocenters. The second-order valence-electron chi connectivity index (χ2n) is 4.44. The molecule has 3 heterocycles. The molecule has 0 saturated carbocycles. The minimum atomic E-state index is 0.179. The number of allylic oxidation sites excluding steroid dienone is 2. The third-order valence-electron chi connectivity index (χ3n) is 2.95. The molecule has 0 radical (unpaired) electrons. The zero-order valence-corrected chi connectivity index (χ0v) is 9.49. The summed E-state index contributed by atoms with van der Waals surface area (Å²) in [4.78, 5) is 13.7. The van der Waals surface area contributed by atoms with Crippen LogP contribution in [0, 0.1) is 5.92 Å². The molecule has 3 nitrogen and oxygen atoms in total. The Labute approximate surface area is 94.7 Å². The van der Waals surface area contributed by atoms with Gasteiger partial charge in [-0.05, 0) is 26.0 Å². The van der Waals surface area contributed by atoms with Gasteiger partial charge in [-0.25, -0.2) is 0 Å². The van der Waals surface area contributed by atoms with Crippen LogP contribution in [-0.2, 0) is 0 Å². The zero-order chi connectivity index (χ0) is 11.3. The third kappa shape index (κ3) is 1.32. The molecule has 3 heteroatoms. The lowest BCUT2D eigenvalue weighted by molar-refractivity contribution is 0.845. The Morgan fingerprint density at radius 2 is 1.88 bits per heavy atom. The van der Waals surface area contributed by atoms with Gasteiger partial charge in [0.1, 0.15) is 0 Å². The lowest BCUT2D eigenvalue weighted by Gasteiger charge is -2.30. The van der Waals surface area contributed by atoms with Gasteiger partial charge in [-0.1, -0.05) is 6.58 Å². The first-order valence-corrected chi connectivity index (χ1v) is 5.42. The first-order valence-electron chi connectivity index (χ1n) is 5.42. The van der Waals surface area contributed by atoms with Crippen LogP contribution >= 0.6 is 0 Å². The van der Waals surface area contributed by atoms with E-state index in [1.165, 1.54) is 0 Å². The first-order chi connectivity index (χ1) is 7.63. The lowest BCUT2D eigenvalue weighted by atomic mass is 9.85. The van der Waals surface area contributed by atoms with Gasteiger partial charge in [-0.2, -0.15) is 0 Å². The van der Waals surface area contributed by atoms with Gasteiger partial charge < -0.3 is 0 Å². The fraction of sp³-hybridized carbons (Fsp3) is 0.308. The molecule has 0 aromatic rings. The Morgan fingerprint density at radius 1 is 1.12 bits per heavy atom. The highest BCUT2D eigenvalue weighted by molar-refractivity contribution is 6.12. The maximum atomic E-state index is 4.61. The van der Waals surface area contributed by atoms with Gasteiger partial charge in [0.15, 0.2) is 0 Å². The van der Waals surface area contributed by atoms with Crippen LogP contribution in [0.2, 0.25) is 0 Å². The van der Waals surface area contributed by atoms with Crippen molar-refractivity contribution in [3.63, 3.8) is 0 Å². The van der Waals surface area contributed by atoms with E-state index in [1.54, 1.807) is 0 Å². The van der Waals surface area contributed by atoms with Gasteiger partial charge in [0.25, 0.3) is 0 Å². The molecule has 80 valence electrons. The molecule has 16 heavy (non-hydrogen) atoms. The van der Waals surface area contributed by atoms with Crippen molar-refractivity contribution >= 4 is 17.1 Å². The quantitative estimate of drug-likeness (QED) is 0.590. The fourth-order valence-electron chi connectivity index (χ4n) is 2.42. The largest absolute Gasteiger partial charge is 0.261 e. The van der Waals surface area contributed by atoms with E-state index in [4.69, 9.17) is 0 Å². The van der Waals surface area contributed by atoms with E-state index in [1.807, 2.05) is 26.0 Å². The smallest absolute Gasteiger partial charge is 0.0824 e. The molecule has 3 aliphatic heterocycles. The van der Waals surface area contributed by atoms with Gasteiger partial charge in [-0.15, -0.1) is 0 Å². The molecule has 0 amide bonds. The Morgan fingerprint density at radius 3 is 2.69 bits per heavy atom. The Balaban J connectivity index is 2.22. The average Bonchev–Trinajstić information content (AvgIpc) is 2.14. The van der Waals surface area contributed by atoms with Crippen molar-refractivity contribution in [1.82, 2.24) is 0 Å². The van der Waals surface area contributed by atoms with E-state index in [-0.39, 0.29) is 5.92 Å². The minimum Gasteiger partial charge on any atom is -0.261 e. The second kappa shape index (κ2) is 3.11. The van der Waals surface area contributed by atoms with Crippen LogP contribution in [0.15, 0.2) is 50.8 Å². The highest BCUT2D eigenvalue weighted by atomic mass is 14.9. The van der Waals surface area contributed by atoms with Crippen LogP contribution in [-0.4, -0.2) is 17.1 Å². The van der Waals surface area contributed by atoms with E-state index >= 15 is 0 Å². The molecular formula is C13H13N3. The summed E-state index contributed by atoms with van der Waals surface area (Å²) in [5.41, 5.74) is 6.18. The predicted molar refractivity (Wildman–Crippen MR) is 67.1 cm³/mol. The normalized spacial score (nSPS) is 27.2. The number of aliphatic imine (C=N–C) groups is 3. The van der Waals surface area contributed by atoms with Crippen molar-refractivity contribution in [2.75, 3.05) is 0 Å². The molecule has 0 aromatic heterocycles. The summed E-state index contributed by atoms with van der Waals surface area (Å²) in [6.07, 6.45) is 4.85. The maximum absolute atomic E-state index is 4.61. The molecule has 3 aliphatic rings. The Hall–Kier alpha value is -1.77. The SMILES string of the molecule is C=C1C=C2N=C(C)C=C3N=C(C)CC(=N1)[C@H]23. The molecule has 0 fully saturated rings. The zero-order valence-electron chi connectivity index (χ0n) is 9.49. The van der Waals surface area contributed by atoms with Crippen molar-refractivity contribution < 1.29 is 0 Å². The van der Waals surface area contributed by atoms with Crippen molar-refractivity contribution in [1.29, 1.82) is 0 Å². The molecule has 0 N–H and O–H groups in total. The number of hydrogen-bond donors (Lipinski definition) is 0. The maximum Gasteiger partial charge on any atom is 0.0824 e. The van der Waals surface area contributed by atoms with Gasteiger partial charge in [0.05, 0.1) is 23.0 Å². The Kier molecular flexibility index (Phi) is 1.84. The van der Waals surface area contributed by atoms with Crippen LogP contribution in [0.1, 0.15) is 20.3 Å². The van der Waals surface area contributed by atoms with Gasteiger partial charge in [-0.3, -0.25) is 15.0 Å². The number of nitrogens with zero attached hydrogens (tertiary/aromatic N) is 3. The van der Waals surface area contributed by atoms with E-state index in [0.29, 0.717) is 0 Å². The molecular weight excluding hydrogens is 198 g/mol. The van der Waals surface area contributed by atoms with Crippen molar-refractivity contribution in [2.45, 2.75) is 20.3 Å². The van der Waals surface area contributed by atoms with E-state index in [2.05, 4.69) is 21.6 Å². The monoisotopic (exact) mass is 211 g/mol. The summed E-state index contributed by atoms with van der Waals surface area (Å²) in [6, 6.07) is 0. The van der Waals surface area contributed by atoms with Crippen LogP contribution in [0.5, 0.6) is 0 Å². The summed E-state index contributed by atoms with van der Waals surface area (Å²) < 4.78 is 0. The summed E-state index contributed by atoms with van der Waals surface area (Å²) in [5, 5.41) is 0. The molecule has 0 spiro atoms. The molecule has 0 aliphatic carbocycles. The van der Waals surface area contributed by atoms with Crippen LogP contribution in [0.3, 0.4) is 0 Å². The van der Waals surface area contributed by atoms with Crippen molar-refractivity contribution in [3.05, 3.63) is 35.8 Å². The summed E-state index contributed by atoms with van der Waals surface area (Å²) in [6.45, 7) is 7.95. The van der Waals surface area contributed by atoms with E-state index in [0.717, 1.165) is 40.6 Å². The van der Waals surface area contributed by atoms with Crippen molar-refractivity contribution in [3.8, 4) is 0 Å². The molecule has 0 saturated heterocycles. The highest BCUT2D eigenvalue weighted by Gasteiger charge is 2.33. The number of hydrogen-bond acceptors (Lipinski definition) is 3.